The van der Waals surface area contributed by atoms with E-state index < -0.39 is 17.7 Å². The van der Waals surface area contributed by atoms with E-state index in [1.165, 1.54) is 26.3 Å². The second-order valence-electron chi connectivity index (χ2n) is 5.31. The van der Waals surface area contributed by atoms with Crippen LogP contribution in [0, 0.1) is 5.82 Å². The number of aliphatic imine (C=N–C) groups is 1. The van der Waals surface area contributed by atoms with Crippen LogP contribution in [0.25, 0.3) is 0 Å². The molecule has 0 saturated heterocycles. The first kappa shape index (κ1) is 23.4. The number of aromatic nitrogens is 1. The third-order valence-electron chi connectivity index (χ3n) is 3.50. The van der Waals surface area contributed by atoms with Crippen LogP contribution in [-0.2, 0) is 12.7 Å². The van der Waals surface area contributed by atoms with E-state index in [-0.39, 0.29) is 47.3 Å². The molecule has 0 bridgehead atoms. The standard InChI is InChI=1S/C16H18F4N4OS.HI/c1-9(10-4-5-12(25-3)11(17)6-10)23-15(21-2)22-7-14-24-13(8-26-14)16(18,19)20;/h4-6,8-9H,7H2,1-3H3,(H2,21,22,23);1H. The van der Waals surface area contributed by atoms with Crippen molar-refractivity contribution in [2.75, 3.05) is 14.2 Å². The molecule has 0 aliphatic rings. The third kappa shape index (κ3) is 6.48. The molecule has 1 heterocycles. The van der Waals surface area contributed by atoms with Gasteiger partial charge in [0.2, 0.25) is 0 Å². The molecule has 2 aromatic rings. The van der Waals surface area contributed by atoms with Crippen molar-refractivity contribution in [1.82, 2.24) is 15.6 Å². The number of hydrogen-bond donors (Lipinski definition) is 2. The molecule has 1 atom stereocenters. The molecular weight excluding hydrogens is 499 g/mol. The number of benzene rings is 1. The van der Waals surface area contributed by atoms with Crippen LogP contribution in [-0.4, -0.2) is 25.1 Å². The van der Waals surface area contributed by atoms with Gasteiger partial charge in [0.15, 0.2) is 23.2 Å². The number of nitrogens with zero attached hydrogens (tertiary/aromatic N) is 2. The van der Waals surface area contributed by atoms with Crippen molar-refractivity contribution in [3.05, 3.63) is 45.7 Å². The Morgan fingerprint density at radius 1 is 1.37 bits per heavy atom. The highest BCUT2D eigenvalue weighted by Crippen LogP contribution is 2.30. The molecule has 0 saturated carbocycles. The summed E-state index contributed by atoms with van der Waals surface area (Å²) in [5.41, 5.74) is -0.246. The average molecular weight is 518 g/mol. The first-order valence-electron chi connectivity index (χ1n) is 7.56. The van der Waals surface area contributed by atoms with Gasteiger partial charge in [-0.3, -0.25) is 4.99 Å². The van der Waals surface area contributed by atoms with E-state index in [1.54, 1.807) is 13.0 Å². The minimum absolute atomic E-state index is 0. The summed E-state index contributed by atoms with van der Waals surface area (Å²) < 4.78 is 56.4. The second kappa shape index (κ2) is 10.1. The molecule has 0 spiro atoms. The molecule has 1 aromatic heterocycles. The quantitative estimate of drug-likeness (QED) is 0.268. The Kier molecular flexibility index (Phi) is 8.72. The van der Waals surface area contributed by atoms with Gasteiger partial charge in [-0.2, -0.15) is 13.2 Å². The Hall–Kier alpha value is -1.63. The summed E-state index contributed by atoms with van der Waals surface area (Å²) in [6.07, 6.45) is -4.46. The van der Waals surface area contributed by atoms with Gasteiger partial charge in [-0.05, 0) is 24.6 Å². The summed E-state index contributed by atoms with van der Waals surface area (Å²) in [7, 11) is 2.91. The highest BCUT2D eigenvalue weighted by Gasteiger charge is 2.33. The number of thiazole rings is 1. The molecule has 1 aromatic carbocycles. The van der Waals surface area contributed by atoms with Gasteiger partial charge >= 0.3 is 6.18 Å². The number of guanidine groups is 1. The molecular formula is C16H19F4IN4OS. The van der Waals surface area contributed by atoms with Gasteiger partial charge in [0.1, 0.15) is 5.01 Å². The van der Waals surface area contributed by atoms with Crippen LogP contribution in [0.4, 0.5) is 17.6 Å². The summed E-state index contributed by atoms with van der Waals surface area (Å²) in [6, 6.07) is 4.29. The molecule has 1 unspecified atom stereocenters. The smallest absolute Gasteiger partial charge is 0.434 e. The SMILES string of the molecule is CN=C(NCc1nc(C(F)(F)F)cs1)NC(C)c1ccc(OC)c(F)c1.I. The van der Waals surface area contributed by atoms with E-state index >= 15 is 0 Å². The van der Waals surface area contributed by atoms with Crippen LogP contribution < -0.4 is 15.4 Å². The average Bonchev–Trinajstić information content (AvgIpc) is 3.07. The number of alkyl halides is 3. The fourth-order valence-electron chi connectivity index (χ4n) is 2.12. The van der Waals surface area contributed by atoms with E-state index in [9.17, 15) is 17.6 Å². The van der Waals surface area contributed by atoms with Gasteiger partial charge in [-0.15, -0.1) is 35.3 Å². The van der Waals surface area contributed by atoms with E-state index in [4.69, 9.17) is 4.74 Å². The Labute approximate surface area is 175 Å². The van der Waals surface area contributed by atoms with Gasteiger partial charge in [0.25, 0.3) is 0 Å². The molecule has 2 N–H and O–H groups in total. The second-order valence-corrected chi connectivity index (χ2v) is 6.25. The van der Waals surface area contributed by atoms with Crippen LogP contribution in [0.15, 0.2) is 28.6 Å². The molecule has 27 heavy (non-hydrogen) atoms. The first-order valence-corrected chi connectivity index (χ1v) is 8.44. The largest absolute Gasteiger partial charge is 0.494 e. The lowest BCUT2D eigenvalue weighted by Gasteiger charge is -2.18. The molecule has 0 amide bonds. The first-order chi connectivity index (χ1) is 12.2. The van der Waals surface area contributed by atoms with Crippen LogP contribution >= 0.6 is 35.3 Å². The van der Waals surface area contributed by atoms with Gasteiger partial charge in [-0.1, -0.05) is 6.07 Å². The zero-order valence-corrected chi connectivity index (χ0v) is 17.9. The van der Waals surface area contributed by atoms with Gasteiger partial charge in [0.05, 0.1) is 19.7 Å². The van der Waals surface area contributed by atoms with Crippen LogP contribution in [0.3, 0.4) is 0 Å². The third-order valence-corrected chi connectivity index (χ3v) is 4.35. The predicted molar refractivity (Wildman–Crippen MR) is 107 cm³/mol. The fraction of sp³-hybridized carbons (Fsp3) is 0.375. The minimum Gasteiger partial charge on any atom is -0.494 e. The molecule has 2 rings (SSSR count). The van der Waals surface area contributed by atoms with Crippen molar-refractivity contribution in [3.8, 4) is 5.75 Å². The molecule has 0 aliphatic carbocycles. The molecule has 0 fully saturated rings. The van der Waals surface area contributed by atoms with E-state index in [1.807, 2.05) is 0 Å². The Morgan fingerprint density at radius 2 is 2.07 bits per heavy atom. The number of halogens is 5. The molecule has 11 heteroatoms. The van der Waals surface area contributed by atoms with Crippen LogP contribution in [0.5, 0.6) is 5.75 Å². The number of hydrogen-bond acceptors (Lipinski definition) is 4. The summed E-state index contributed by atoms with van der Waals surface area (Å²) >= 11 is 0.910. The van der Waals surface area contributed by atoms with Gasteiger partial charge in [-0.25, -0.2) is 9.37 Å². The van der Waals surface area contributed by atoms with Crippen molar-refractivity contribution < 1.29 is 22.3 Å². The highest BCUT2D eigenvalue weighted by atomic mass is 127. The summed E-state index contributed by atoms with van der Waals surface area (Å²) in [5, 5.41) is 7.18. The van der Waals surface area contributed by atoms with Crippen molar-refractivity contribution in [2.24, 2.45) is 4.99 Å². The van der Waals surface area contributed by atoms with Crippen molar-refractivity contribution in [2.45, 2.75) is 25.7 Å². The normalized spacial score (nSPS) is 12.9. The molecule has 0 aliphatic heterocycles. The van der Waals surface area contributed by atoms with Crippen molar-refractivity contribution in [3.63, 3.8) is 0 Å². The number of ether oxygens (including phenoxy) is 1. The maximum Gasteiger partial charge on any atom is 0.434 e. The topological polar surface area (TPSA) is 58.5 Å². The number of rotatable bonds is 5. The lowest BCUT2D eigenvalue weighted by Crippen LogP contribution is -2.38. The maximum absolute atomic E-state index is 13.8. The number of methoxy groups -OCH3 is 1. The minimum atomic E-state index is -4.46. The Balaban J connectivity index is 0.00000364. The molecule has 5 nitrogen and oxygen atoms in total. The van der Waals surface area contributed by atoms with Gasteiger partial charge < -0.3 is 15.4 Å². The zero-order chi connectivity index (χ0) is 19.3. The number of nitrogens with one attached hydrogen (secondary N) is 2. The molecule has 150 valence electrons. The molecule has 0 radical (unpaired) electrons. The van der Waals surface area contributed by atoms with Gasteiger partial charge in [0, 0.05) is 12.4 Å². The highest BCUT2D eigenvalue weighted by molar-refractivity contribution is 14.0. The summed E-state index contributed by atoms with van der Waals surface area (Å²) in [4.78, 5) is 7.55. The lowest BCUT2D eigenvalue weighted by atomic mass is 10.1. The Bertz CT molecular complexity index is 782. The summed E-state index contributed by atoms with van der Waals surface area (Å²) in [5.74, 6) is 0.0224. The maximum atomic E-state index is 13.8. The van der Waals surface area contributed by atoms with E-state index in [0.29, 0.717) is 11.5 Å². The van der Waals surface area contributed by atoms with Crippen molar-refractivity contribution >= 4 is 41.3 Å². The monoisotopic (exact) mass is 518 g/mol. The van der Waals surface area contributed by atoms with E-state index in [0.717, 1.165) is 16.7 Å². The predicted octanol–water partition coefficient (Wildman–Crippen LogP) is 4.35. The van der Waals surface area contributed by atoms with Crippen molar-refractivity contribution in [1.29, 1.82) is 0 Å². The summed E-state index contributed by atoms with van der Waals surface area (Å²) in [6.45, 7) is 1.89. The van der Waals surface area contributed by atoms with Crippen LogP contribution in [0.1, 0.15) is 29.2 Å². The zero-order valence-electron chi connectivity index (χ0n) is 14.7. The van der Waals surface area contributed by atoms with Crippen LogP contribution in [0.2, 0.25) is 0 Å². The Morgan fingerprint density at radius 3 is 2.59 bits per heavy atom. The fourth-order valence-corrected chi connectivity index (χ4v) is 2.86. The lowest BCUT2D eigenvalue weighted by molar-refractivity contribution is -0.140. The van der Waals surface area contributed by atoms with E-state index in [2.05, 4.69) is 20.6 Å².